The smallest absolute Gasteiger partial charge is 0.312 e. The second-order valence-corrected chi connectivity index (χ2v) is 8.07. The number of carbonyl (C=O) groups is 3. The summed E-state index contributed by atoms with van der Waals surface area (Å²) in [5.41, 5.74) is 2.47. The van der Waals surface area contributed by atoms with E-state index in [4.69, 9.17) is 0 Å². The second kappa shape index (κ2) is 9.22. The van der Waals surface area contributed by atoms with Crippen LogP contribution in [0.4, 0.5) is 0 Å². The van der Waals surface area contributed by atoms with E-state index in [1.807, 2.05) is 4.90 Å². The van der Waals surface area contributed by atoms with Gasteiger partial charge in [0.15, 0.2) is 0 Å². The van der Waals surface area contributed by atoms with E-state index in [1.165, 1.54) is 11.1 Å². The fourth-order valence-corrected chi connectivity index (χ4v) is 3.83. The highest BCUT2D eigenvalue weighted by Gasteiger charge is 2.31. The molecule has 1 aromatic carbocycles. The Kier molecular flexibility index (Phi) is 6.70. The lowest BCUT2D eigenvalue weighted by Gasteiger charge is -2.35. The molecule has 0 bridgehead atoms. The number of benzene rings is 1. The molecule has 2 fully saturated rings. The fourth-order valence-electron chi connectivity index (χ4n) is 3.83. The van der Waals surface area contributed by atoms with Gasteiger partial charge in [0.05, 0.1) is 0 Å². The van der Waals surface area contributed by atoms with Crippen molar-refractivity contribution in [3.63, 3.8) is 0 Å². The van der Waals surface area contributed by atoms with Gasteiger partial charge in [0.25, 0.3) is 0 Å². The highest BCUT2D eigenvalue weighted by molar-refractivity contribution is 6.35. The predicted octanol–water partition coefficient (Wildman–Crippen LogP) is 2.04. The molecule has 28 heavy (non-hydrogen) atoms. The maximum atomic E-state index is 12.5. The monoisotopic (exact) mass is 385 g/mol. The molecular weight excluding hydrogens is 354 g/mol. The van der Waals surface area contributed by atoms with Crippen LogP contribution in [0.15, 0.2) is 24.3 Å². The summed E-state index contributed by atoms with van der Waals surface area (Å²) in [6.45, 7) is 7.58. The summed E-state index contributed by atoms with van der Waals surface area (Å²) in [6.07, 6.45) is 3.15. The van der Waals surface area contributed by atoms with Gasteiger partial charge in [-0.15, -0.1) is 0 Å². The van der Waals surface area contributed by atoms with Gasteiger partial charge in [0.1, 0.15) is 0 Å². The van der Waals surface area contributed by atoms with E-state index in [9.17, 15) is 14.4 Å². The molecule has 0 atom stereocenters. The fraction of sp³-hybridized carbons (Fsp3) is 0.591. The SMILES string of the molecule is CC(C)c1ccc(CCC(=O)N2CCN(C(=O)C(=O)N3CCCC3)CC2)cc1. The van der Waals surface area contributed by atoms with Crippen molar-refractivity contribution < 1.29 is 14.4 Å². The summed E-state index contributed by atoms with van der Waals surface area (Å²) >= 11 is 0. The Bertz CT molecular complexity index is 700. The van der Waals surface area contributed by atoms with Gasteiger partial charge >= 0.3 is 11.8 Å². The summed E-state index contributed by atoms with van der Waals surface area (Å²) < 4.78 is 0. The van der Waals surface area contributed by atoms with Gasteiger partial charge in [-0.3, -0.25) is 14.4 Å². The quantitative estimate of drug-likeness (QED) is 0.745. The lowest BCUT2D eigenvalue weighted by molar-refractivity contribution is -0.153. The molecule has 3 rings (SSSR count). The lowest BCUT2D eigenvalue weighted by Crippen LogP contribution is -2.54. The van der Waals surface area contributed by atoms with E-state index in [0.29, 0.717) is 51.6 Å². The van der Waals surface area contributed by atoms with Crippen molar-refractivity contribution in [2.24, 2.45) is 0 Å². The molecule has 2 aliphatic heterocycles. The first-order chi connectivity index (χ1) is 13.5. The van der Waals surface area contributed by atoms with Crippen LogP contribution >= 0.6 is 0 Å². The summed E-state index contributed by atoms with van der Waals surface area (Å²) in [6, 6.07) is 8.46. The van der Waals surface area contributed by atoms with E-state index in [2.05, 4.69) is 38.1 Å². The van der Waals surface area contributed by atoms with Crippen LogP contribution in [0.2, 0.25) is 0 Å². The molecule has 2 saturated heterocycles. The lowest BCUT2D eigenvalue weighted by atomic mass is 10.00. The number of nitrogens with zero attached hydrogens (tertiary/aromatic N) is 3. The second-order valence-electron chi connectivity index (χ2n) is 8.07. The van der Waals surface area contributed by atoms with Crippen molar-refractivity contribution in [1.82, 2.24) is 14.7 Å². The molecule has 2 heterocycles. The Hall–Kier alpha value is -2.37. The molecule has 0 aromatic heterocycles. The molecule has 1 aromatic rings. The van der Waals surface area contributed by atoms with E-state index in [1.54, 1.807) is 9.80 Å². The first-order valence-electron chi connectivity index (χ1n) is 10.4. The van der Waals surface area contributed by atoms with Crippen LogP contribution < -0.4 is 0 Å². The number of rotatable bonds is 4. The maximum absolute atomic E-state index is 12.5. The van der Waals surface area contributed by atoms with Crippen molar-refractivity contribution in [3.8, 4) is 0 Å². The molecule has 0 spiro atoms. The molecule has 0 unspecified atom stereocenters. The van der Waals surface area contributed by atoms with Crippen LogP contribution in [-0.4, -0.2) is 71.7 Å². The Labute approximate surface area is 167 Å². The van der Waals surface area contributed by atoms with Crippen LogP contribution in [-0.2, 0) is 20.8 Å². The molecular formula is C22H31N3O3. The molecule has 6 heteroatoms. The Morgan fingerprint density at radius 2 is 1.29 bits per heavy atom. The number of aryl methyl sites for hydroxylation is 1. The minimum Gasteiger partial charge on any atom is -0.339 e. The Balaban J connectivity index is 1.43. The highest BCUT2D eigenvalue weighted by Crippen LogP contribution is 2.16. The maximum Gasteiger partial charge on any atom is 0.312 e. The first-order valence-corrected chi connectivity index (χ1v) is 10.4. The van der Waals surface area contributed by atoms with Crippen LogP contribution in [0.5, 0.6) is 0 Å². The standard InChI is InChI=1S/C22H31N3O3/c1-17(2)19-8-5-18(6-9-19)7-10-20(26)23-13-15-25(16-14-23)22(28)21(27)24-11-3-4-12-24/h5-6,8-9,17H,3-4,7,10-16H2,1-2H3. The third-order valence-corrected chi connectivity index (χ3v) is 5.77. The average molecular weight is 386 g/mol. The number of carbonyl (C=O) groups excluding carboxylic acids is 3. The minimum atomic E-state index is -0.417. The van der Waals surface area contributed by atoms with Gasteiger partial charge < -0.3 is 14.7 Å². The van der Waals surface area contributed by atoms with Gasteiger partial charge in [0, 0.05) is 45.7 Å². The third-order valence-electron chi connectivity index (χ3n) is 5.77. The zero-order valence-corrected chi connectivity index (χ0v) is 17.0. The van der Waals surface area contributed by atoms with Crippen LogP contribution in [0.3, 0.4) is 0 Å². The molecule has 0 saturated carbocycles. The van der Waals surface area contributed by atoms with Crippen LogP contribution in [0.1, 0.15) is 50.2 Å². The first kappa shape index (κ1) is 20.4. The molecule has 0 N–H and O–H groups in total. The van der Waals surface area contributed by atoms with E-state index >= 15 is 0 Å². The van der Waals surface area contributed by atoms with Gasteiger partial charge in [-0.05, 0) is 36.3 Å². The van der Waals surface area contributed by atoms with Gasteiger partial charge in [-0.1, -0.05) is 38.1 Å². The average Bonchev–Trinajstić information content (AvgIpc) is 3.26. The Morgan fingerprint density at radius 1 is 0.786 bits per heavy atom. The van der Waals surface area contributed by atoms with Gasteiger partial charge in [-0.2, -0.15) is 0 Å². The number of likely N-dealkylation sites (tertiary alicyclic amines) is 1. The van der Waals surface area contributed by atoms with Crippen molar-refractivity contribution in [2.75, 3.05) is 39.3 Å². The molecule has 6 nitrogen and oxygen atoms in total. The summed E-state index contributed by atoms with van der Waals surface area (Å²) in [7, 11) is 0. The summed E-state index contributed by atoms with van der Waals surface area (Å²) in [5, 5.41) is 0. The molecule has 152 valence electrons. The number of hydrogen-bond acceptors (Lipinski definition) is 3. The number of hydrogen-bond donors (Lipinski definition) is 0. The van der Waals surface area contributed by atoms with E-state index < -0.39 is 5.91 Å². The Morgan fingerprint density at radius 3 is 1.82 bits per heavy atom. The zero-order chi connectivity index (χ0) is 20.1. The summed E-state index contributed by atoms with van der Waals surface area (Å²) in [5.74, 6) is -0.181. The van der Waals surface area contributed by atoms with E-state index in [0.717, 1.165) is 19.3 Å². The minimum absolute atomic E-state index is 0.117. The van der Waals surface area contributed by atoms with Crippen molar-refractivity contribution in [1.29, 1.82) is 0 Å². The normalized spacial score (nSPS) is 17.3. The molecule has 3 amide bonds. The highest BCUT2D eigenvalue weighted by atomic mass is 16.2. The van der Waals surface area contributed by atoms with Crippen molar-refractivity contribution in [3.05, 3.63) is 35.4 Å². The van der Waals surface area contributed by atoms with E-state index in [-0.39, 0.29) is 11.8 Å². The van der Waals surface area contributed by atoms with Crippen LogP contribution in [0, 0.1) is 0 Å². The molecule has 0 radical (unpaired) electrons. The molecule has 0 aliphatic carbocycles. The number of amides is 3. The van der Waals surface area contributed by atoms with Gasteiger partial charge in [-0.25, -0.2) is 0 Å². The van der Waals surface area contributed by atoms with Crippen molar-refractivity contribution in [2.45, 2.75) is 45.4 Å². The summed E-state index contributed by atoms with van der Waals surface area (Å²) in [4.78, 5) is 42.2. The predicted molar refractivity (Wildman–Crippen MR) is 108 cm³/mol. The molecule has 2 aliphatic rings. The topological polar surface area (TPSA) is 60.9 Å². The van der Waals surface area contributed by atoms with Crippen molar-refractivity contribution >= 4 is 17.7 Å². The largest absolute Gasteiger partial charge is 0.339 e. The third kappa shape index (κ3) is 4.91. The zero-order valence-electron chi connectivity index (χ0n) is 17.0. The van der Waals surface area contributed by atoms with Crippen LogP contribution in [0.25, 0.3) is 0 Å². The van der Waals surface area contributed by atoms with Gasteiger partial charge in [0.2, 0.25) is 5.91 Å². The number of piperazine rings is 1.